The topological polar surface area (TPSA) is 81.0 Å². The van der Waals surface area contributed by atoms with E-state index >= 15 is 0 Å². The van der Waals surface area contributed by atoms with Crippen LogP contribution in [-0.2, 0) is 17.6 Å². The van der Waals surface area contributed by atoms with Crippen molar-refractivity contribution in [1.29, 1.82) is 0 Å². The van der Waals surface area contributed by atoms with Crippen LogP contribution in [0.3, 0.4) is 0 Å². The molecule has 1 fully saturated rings. The van der Waals surface area contributed by atoms with Gasteiger partial charge in [-0.05, 0) is 56.3 Å². The lowest BCUT2D eigenvalue weighted by atomic mass is 9.80. The standard InChI is InChI=1S/C15H21NO2.C2HF3O2/c1-2-6-16-7-5-11-8-12-10(9-13(11)16)3-4-14(17)15(12)18;3-2(4,5)1(6)7/h3-4,11,13,17-18H,2,5-9H2,1H3;(H,6,7)/t11-,13-;/m0./s1. The second kappa shape index (κ2) is 7.51. The number of likely N-dealkylation sites (tertiary alicyclic amines) is 1. The SMILES string of the molecule is CCCN1CC[C@H]2Cc3c(ccc(O)c3O)C[C@@H]21.O=C(O)C(F)(F)F. The van der Waals surface area contributed by atoms with Crippen molar-refractivity contribution in [1.82, 2.24) is 4.90 Å². The van der Waals surface area contributed by atoms with E-state index in [2.05, 4.69) is 11.8 Å². The predicted molar refractivity (Wildman–Crippen MR) is 84.6 cm³/mol. The van der Waals surface area contributed by atoms with Crippen LogP contribution in [0.25, 0.3) is 0 Å². The second-order valence-electron chi connectivity index (χ2n) is 6.43. The molecule has 140 valence electrons. The van der Waals surface area contributed by atoms with Gasteiger partial charge in [0.2, 0.25) is 0 Å². The fourth-order valence-corrected chi connectivity index (χ4v) is 3.66. The minimum absolute atomic E-state index is 0.0237. The molecule has 0 amide bonds. The third-order valence-electron chi connectivity index (χ3n) is 4.81. The van der Waals surface area contributed by atoms with Gasteiger partial charge in [0.25, 0.3) is 0 Å². The maximum Gasteiger partial charge on any atom is 0.490 e. The van der Waals surface area contributed by atoms with E-state index in [4.69, 9.17) is 9.90 Å². The summed E-state index contributed by atoms with van der Waals surface area (Å²) in [6, 6.07) is 4.23. The number of carboxylic acid groups (broad SMARTS) is 1. The van der Waals surface area contributed by atoms with Crippen LogP contribution in [-0.4, -0.2) is 51.5 Å². The van der Waals surface area contributed by atoms with Gasteiger partial charge in [-0.15, -0.1) is 0 Å². The molecule has 1 saturated heterocycles. The van der Waals surface area contributed by atoms with Gasteiger partial charge in [-0.25, -0.2) is 4.79 Å². The van der Waals surface area contributed by atoms with Gasteiger partial charge >= 0.3 is 12.1 Å². The molecule has 3 N–H and O–H groups in total. The molecule has 2 aliphatic rings. The summed E-state index contributed by atoms with van der Waals surface area (Å²) in [5, 5.41) is 26.7. The minimum Gasteiger partial charge on any atom is -0.504 e. The van der Waals surface area contributed by atoms with Crippen LogP contribution in [0, 0.1) is 5.92 Å². The summed E-state index contributed by atoms with van der Waals surface area (Å²) >= 11 is 0. The Hall–Kier alpha value is -1.96. The van der Waals surface area contributed by atoms with Crippen LogP contribution in [0.15, 0.2) is 12.1 Å². The van der Waals surface area contributed by atoms with Crippen LogP contribution in [0.5, 0.6) is 11.5 Å². The Bertz CT molecular complexity index is 633. The van der Waals surface area contributed by atoms with Crippen LogP contribution >= 0.6 is 0 Å². The van der Waals surface area contributed by atoms with Crippen molar-refractivity contribution < 1.29 is 33.3 Å². The number of hydrogen-bond acceptors (Lipinski definition) is 4. The van der Waals surface area contributed by atoms with E-state index in [1.807, 2.05) is 6.07 Å². The highest BCUT2D eigenvalue weighted by molar-refractivity contribution is 5.73. The van der Waals surface area contributed by atoms with E-state index in [1.54, 1.807) is 6.07 Å². The molecule has 1 heterocycles. The molecule has 3 rings (SSSR count). The van der Waals surface area contributed by atoms with E-state index in [1.165, 1.54) is 31.5 Å². The zero-order chi connectivity index (χ0) is 18.8. The van der Waals surface area contributed by atoms with Gasteiger partial charge in [-0.1, -0.05) is 13.0 Å². The lowest BCUT2D eigenvalue weighted by Crippen LogP contribution is -2.38. The summed E-state index contributed by atoms with van der Waals surface area (Å²) in [6.45, 7) is 4.60. The zero-order valence-corrected chi connectivity index (χ0v) is 13.9. The molecule has 1 aromatic rings. The molecule has 1 aliphatic carbocycles. The Morgan fingerprint density at radius 1 is 1.28 bits per heavy atom. The monoisotopic (exact) mass is 361 g/mol. The molecular formula is C17H22F3NO4. The predicted octanol–water partition coefficient (Wildman–Crippen LogP) is 2.93. The number of phenols is 2. The Morgan fingerprint density at radius 3 is 2.48 bits per heavy atom. The number of halogens is 3. The van der Waals surface area contributed by atoms with Gasteiger partial charge in [0.1, 0.15) is 0 Å². The first-order chi connectivity index (χ1) is 11.6. The van der Waals surface area contributed by atoms with Gasteiger partial charge < -0.3 is 15.3 Å². The third-order valence-corrected chi connectivity index (χ3v) is 4.81. The molecule has 25 heavy (non-hydrogen) atoms. The van der Waals surface area contributed by atoms with E-state index in [0.717, 1.165) is 18.4 Å². The number of carboxylic acids is 1. The summed E-state index contributed by atoms with van der Waals surface area (Å²) in [6.07, 6.45) is -0.718. The number of rotatable bonds is 2. The van der Waals surface area contributed by atoms with Crippen molar-refractivity contribution in [2.75, 3.05) is 13.1 Å². The van der Waals surface area contributed by atoms with Crippen molar-refractivity contribution in [2.45, 2.75) is 44.8 Å². The molecule has 1 aliphatic heterocycles. The van der Waals surface area contributed by atoms with Crippen molar-refractivity contribution in [3.8, 4) is 11.5 Å². The van der Waals surface area contributed by atoms with Gasteiger partial charge in [0, 0.05) is 11.6 Å². The number of benzene rings is 1. The van der Waals surface area contributed by atoms with Gasteiger partial charge in [-0.3, -0.25) is 4.90 Å². The molecule has 0 spiro atoms. The van der Waals surface area contributed by atoms with E-state index < -0.39 is 12.1 Å². The van der Waals surface area contributed by atoms with E-state index in [9.17, 15) is 23.4 Å². The lowest BCUT2D eigenvalue weighted by molar-refractivity contribution is -0.192. The van der Waals surface area contributed by atoms with Crippen molar-refractivity contribution >= 4 is 5.97 Å². The number of phenolic OH excluding ortho intramolecular Hbond substituents is 2. The normalized spacial score (nSPS) is 22.6. The minimum atomic E-state index is -5.08. The van der Waals surface area contributed by atoms with Gasteiger partial charge in [-0.2, -0.15) is 13.2 Å². The molecule has 0 aromatic heterocycles. The fraction of sp³-hybridized carbons (Fsp3) is 0.588. The molecule has 2 atom stereocenters. The third kappa shape index (κ3) is 4.36. The Kier molecular flexibility index (Phi) is 5.82. The van der Waals surface area contributed by atoms with Gasteiger partial charge in [0.05, 0.1) is 0 Å². The molecular weight excluding hydrogens is 339 g/mol. The zero-order valence-electron chi connectivity index (χ0n) is 13.9. The van der Waals surface area contributed by atoms with Crippen molar-refractivity contribution in [3.63, 3.8) is 0 Å². The average molecular weight is 361 g/mol. The summed E-state index contributed by atoms with van der Waals surface area (Å²) < 4.78 is 31.7. The Morgan fingerprint density at radius 2 is 1.92 bits per heavy atom. The van der Waals surface area contributed by atoms with Crippen molar-refractivity contribution in [2.24, 2.45) is 5.92 Å². The highest BCUT2D eigenvalue weighted by atomic mass is 19.4. The fourth-order valence-electron chi connectivity index (χ4n) is 3.66. The number of aromatic hydroxyl groups is 2. The summed E-state index contributed by atoms with van der Waals surface area (Å²) in [5.74, 6) is -1.97. The molecule has 1 aromatic carbocycles. The lowest BCUT2D eigenvalue weighted by Gasteiger charge is -2.33. The molecule has 0 radical (unpaired) electrons. The first kappa shape index (κ1) is 19.4. The van der Waals surface area contributed by atoms with Crippen LogP contribution in [0.1, 0.15) is 30.9 Å². The number of alkyl halides is 3. The number of nitrogens with zero attached hydrogens (tertiary/aromatic N) is 1. The first-order valence-corrected chi connectivity index (χ1v) is 8.22. The average Bonchev–Trinajstić information content (AvgIpc) is 2.92. The maximum absolute atomic E-state index is 10.6. The number of hydrogen-bond donors (Lipinski definition) is 3. The number of aliphatic carboxylic acids is 1. The van der Waals surface area contributed by atoms with Crippen LogP contribution in [0.4, 0.5) is 13.2 Å². The molecule has 0 unspecified atom stereocenters. The molecule has 0 saturated carbocycles. The Labute approximate surface area is 143 Å². The van der Waals surface area contributed by atoms with E-state index in [-0.39, 0.29) is 11.5 Å². The number of carbonyl (C=O) groups is 1. The van der Waals surface area contributed by atoms with Crippen LogP contribution in [0.2, 0.25) is 0 Å². The highest BCUT2D eigenvalue weighted by Gasteiger charge is 2.39. The Balaban J connectivity index is 0.000000277. The first-order valence-electron chi connectivity index (χ1n) is 8.22. The summed E-state index contributed by atoms with van der Waals surface area (Å²) in [7, 11) is 0. The van der Waals surface area contributed by atoms with E-state index in [0.29, 0.717) is 12.0 Å². The summed E-state index contributed by atoms with van der Waals surface area (Å²) in [4.78, 5) is 11.5. The maximum atomic E-state index is 10.6. The quantitative estimate of drug-likeness (QED) is 0.706. The smallest absolute Gasteiger partial charge is 0.490 e. The molecule has 8 heteroatoms. The van der Waals surface area contributed by atoms with Crippen LogP contribution < -0.4 is 0 Å². The van der Waals surface area contributed by atoms with Crippen molar-refractivity contribution in [3.05, 3.63) is 23.3 Å². The highest BCUT2D eigenvalue weighted by Crippen LogP contribution is 2.42. The second-order valence-corrected chi connectivity index (χ2v) is 6.43. The van der Waals surface area contributed by atoms with Gasteiger partial charge in [0.15, 0.2) is 11.5 Å². The summed E-state index contributed by atoms with van der Waals surface area (Å²) in [5.41, 5.74) is 2.20. The molecule has 5 nitrogen and oxygen atoms in total. The largest absolute Gasteiger partial charge is 0.504 e. The molecule has 0 bridgehead atoms. The number of fused-ring (bicyclic) bond motifs is 2.